The number of aromatic hydroxyl groups is 2. The van der Waals surface area contributed by atoms with Gasteiger partial charge in [0, 0.05) is 18.2 Å². The van der Waals surface area contributed by atoms with E-state index >= 15 is 0 Å². The summed E-state index contributed by atoms with van der Waals surface area (Å²) in [6.45, 7) is 5.26. The fraction of sp³-hybridized carbons (Fsp3) is 0.300. The average molecular weight is 388 g/mol. The van der Waals surface area contributed by atoms with E-state index in [4.69, 9.17) is 9.57 Å². The Labute approximate surface area is 163 Å². The summed E-state index contributed by atoms with van der Waals surface area (Å²) in [5.74, 6) is -1.69. The Balaban J connectivity index is 2.08. The van der Waals surface area contributed by atoms with Crippen molar-refractivity contribution in [2.24, 2.45) is 0 Å². The summed E-state index contributed by atoms with van der Waals surface area (Å²) >= 11 is 0. The molecule has 0 unspecified atom stereocenters. The van der Waals surface area contributed by atoms with Gasteiger partial charge < -0.3 is 25.1 Å². The highest BCUT2D eigenvalue weighted by atomic mass is 16.7. The second-order valence-corrected chi connectivity index (χ2v) is 7.06. The number of aromatic nitrogens is 1. The minimum atomic E-state index is -0.842. The lowest BCUT2D eigenvalue weighted by molar-refractivity contribution is -0.139. The van der Waals surface area contributed by atoms with Crippen LogP contribution in [0.1, 0.15) is 26.3 Å². The maximum absolute atomic E-state index is 12.1. The topological polar surface area (TPSA) is 110 Å². The van der Waals surface area contributed by atoms with Crippen molar-refractivity contribution in [3.8, 4) is 11.8 Å². The van der Waals surface area contributed by atoms with Gasteiger partial charge in [-0.2, -0.15) is 0 Å². The number of hydrogen-bond donors (Lipinski definition) is 3. The molecule has 0 fully saturated rings. The van der Waals surface area contributed by atoms with Crippen molar-refractivity contribution in [1.29, 1.82) is 0 Å². The minimum Gasteiger partial charge on any atom is -0.492 e. The second kappa shape index (κ2) is 8.98. The van der Waals surface area contributed by atoms with Gasteiger partial charge in [-0.3, -0.25) is 0 Å². The van der Waals surface area contributed by atoms with Crippen molar-refractivity contribution >= 4 is 12.1 Å². The molecule has 0 aliphatic rings. The van der Waals surface area contributed by atoms with Crippen LogP contribution in [0.3, 0.4) is 0 Å². The smallest absolute Gasteiger partial charge is 0.408 e. The molecule has 1 aromatic heterocycles. The van der Waals surface area contributed by atoms with Crippen LogP contribution in [0.15, 0.2) is 54.6 Å². The van der Waals surface area contributed by atoms with E-state index in [1.807, 2.05) is 30.3 Å². The summed E-state index contributed by atoms with van der Waals surface area (Å²) in [4.78, 5) is 28.9. The van der Waals surface area contributed by atoms with Gasteiger partial charge in [0.25, 0.3) is 0 Å². The highest BCUT2D eigenvalue weighted by Gasteiger charge is 2.19. The van der Waals surface area contributed by atoms with Crippen LogP contribution in [-0.2, 0) is 16.0 Å². The Hall–Kier alpha value is -3.42. The molecule has 0 aliphatic heterocycles. The third-order valence-corrected chi connectivity index (χ3v) is 3.44. The fourth-order valence-corrected chi connectivity index (χ4v) is 2.30. The lowest BCUT2D eigenvalue weighted by atomic mass is 10.1. The molecule has 3 N–H and O–H groups in total. The summed E-state index contributed by atoms with van der Waals surface area (Å²) in [5.41, 5.74) is 0.287. The van der Waals surface area contributed by atoms with Gasteiger partial charge in [-0.05, 0) is 32.8 Å². The Kier molecular flexibility index (Phi) is 6.70. The molecule has 1 amide bonds. The summed E-state index contributed by atoms with van der Waals surface area (Å²) in [6, 6.07) is 11.2. The van der Waals surface area contributed by atoms with Gasteiger partial charge in [-0.1, -0.05) is 36.4 Å². The van der Waals surface area contributed by atoms with Crippen LogP contribution in [0.25, 0.3) is 0 Å². The van der Waals surface area contributed by atoms with Gasteiger partial charge >= 0.3 is 12.1 Å². The molecule has 0 spiro atoms. The first-order valence-corrected chi connectivity index (χ1v) is 8.67. The quantitative estimate of drug-likeness (QED) is 0.656. The van der Waals surface area contributed by atoms with Crippen molar-refractivity contribution < 1.29 is 29.4 Å². The third-order valence-electron chi connectivity index (χ3n) is 3.44. The molecule has 2 rings (SSSR count). The summed E-state index contributed by atoms with van der Waals surface area (Å²) in [7, 11) is 0. The maximum atomic E-state index is 12.1. The lowest BCUT2D eigenvalue weighted by Gasteiger charge is -2.22. The number of benzene rings is 1. The van der Waals surface area contributed by atoms with Gasteiger partial charge in [0.15, 0.2) is 0 Å². The molecule has 1 aromatic carbocycles. The number of carbonyl (C=O) groups excluding carboxylic acids is 2. The Bertz CT molecular complexity index is 817. The number of rotatable bonds is 6. The molecule has 150 valence electrons. The molecule has 2 aromatic rings. The zero-order chi connectivity index (χ0) is 20.7. The van der Waals surface area contributed by atoms with Gasteiger partial charge in [-0.15, -0.1) is 4.73 Å². The van der Waals surface area contributed by atoms with Gasteiger partial charge in [0.2, 0.25) is 11.8 Å². The number of amides is 1. The number of nitrogens with one attached hydrogen (secondary N) is 1. The Morgan fingerprint density at radius 3 is 2.29 bits per heavy atom. The largest absolute Gasteiger partial charge is 0.492 e. The Morgan fingerprint density at radius 1 is 1.11 bits per heavy atom. The fourth-order valence-electron chi connectivity index (χ4n) is 2.30. The number of alkyl carbamates (subject to hydrolysis) is 1. The predicted octanol–water partition coefficient (Wildman–Crippen LogP) is 2.55. The SMILES string of the molecule is CC(C)(C)OC(=O)N[C@@H](C=CC(=O)On1c(O)ccc1O)Cc1ccccc1. The first-order valence-electron chi connectivity index (χ1n) is 8.67. The summed E-state index contributed by atoms with van der Waals surface area (Å²) < 4.78 is 5.84. The van der Waals surface area contributed by atoms with Crippen LogP contribution in [-0.4, -0.2) is 38.6 Å². The van der Waals surface area contributed by atoms with Crippen LogP contribution in [0.4, 0.5) is 4.79 Å². The highest BCUT2D eigenvalue weighted by Crippen LogP contribution is 2.18. The van der Waals surface area contributed by atoms with E-state index in [0.717, 1.165) is 11.6 Å². The first kappa shape index (κ1) is 20.9. The molecular formula is C20H24N2O6. The third kappa shape index (κ3) is 6.71. The zero-order valence-electron chi connectivity index (χ0n) is 16.0. The van der Waals surface area contributed by atoms with E-state index in [-0.39, 0.29) is 0 Å². The molecule has 0 saturated heterocycles. The monoisotopic (exact) mass is 388 g/mol. The van der Waals surface area contributed by atoms with Gasteiger partial charge in [-0.25, -0.2) is 9.59 Å². The average Bonchev–Trinajstić information content (AvgIpc) is 2.91. The normalized spacial score (nSPS) is 12.5. The standard InChI is InChI=1S/C20H24N2O6/c1-20(2,3)27-19(26)21-15(13-14-7-5-4-6-8-14)9-12-18(25)28-22-16(23)10-11-17(22)24/h4-12,15,23-24H,13H2,1-3H3,(H,21,26)/t15-/m0/s1. The number of ether oxygens (including phenoxy) is 1. The maximum Gasteiger partial charge on any atom is 0.408 e. The van der Waals surface area contributed by atoms with E-state index < -0.39 is 35.5 Å². The zero-order valence-corrected chi connectivity index (χ0v) is 16.0. The molecule has 1 heterocycles. The number of carbonyl (C=O) groups is 2. The van der Waals surface area contributed by atoms with Crippen molar-refractivity contribution in [2.45, 2.75) is 38.8 Å². The van der Waals surface area contributed by atoms with Crippen LogP contribution in [0.5, 0.6) is 11.8 Å². The number of nitrogens with zero attached hydrogens (tertiary/aromatic N) is 1. The molecule has 0 saturated carbocycles. The van der Waals surface area contributed by atoms with E-state index in [2.05, 4.69) is 5.32 Å². The molecular weight excluding hydrogens is 364 g/mol. The summed E-state index contributed by atoms with van der Waals surface area (Å²) in [5, 5.41) is 21.7. The van der Waals surface area contributed by atoms with Crippen molar-refractivity contribution in [2.75, 3.05) is 0 Å². The molecule has 0 radical (unpaired) electrons. The molecule has 0 bridgehead atoms. The lowest BCUT2D eigenvalue weighted by Crippen LogP contribution is -2.39. The van der Waals surface area contributed by atoms with Crippen LogP contribution in [0, 0.1) is 0 Å². The van der Waals surface area contributed by atoms with Gasteiger partial charge in [0.1, 0.15) is 5.60 Å². The van der Waals surface area contributed by atoms with Crippen molar-refractivity contribution in [1.82, 2.24) is 10.0 Å². The number of hydrogen-bond acceptors (Lipinski definition) is 6. The predicted molar refractivity (Wildman–Crippen MR) is 102 cm³/mol. The molecule has 28 heavy (non-hydrogen) atoms. The van der Waals surface area contributed by atoms with E-state index in [1.165, 1.54) is 18.2 Å². The van der Waals surface area contributed by atoms with Crippen molar-refractivity contribution in [3.05, 3.63) is 60.2 Å². The first-order chi connectivity index (χ1) is 13.1. The second-order valence-electron chi connectivity index (χ2n) is 7.06. The Morgan fingerprint density at radius 2 is 1.71 bits per heavy atom. The van der Waals surface area contributed by atoms with E-state index in [1.54, 1.807) is 20.8 Å². The summed E-state index contributed by atoms with van der Waals surface area (Å²) in [6.07, 6.45) is 2.36. The van der Waals surface area contributed by atoms with Gasteiger partial charge in [0.05, 0.1) is 6.04 Å². The highest BCUT2D eigenvalue weighted by molar-refractivity contribution is 5.82. The van der Waals surface area contributed by atoms with Crippen LogP contribution >= 0.6 is 0 Å². The molecule has 1 atom stereocenters. The van der Waals surface area contributed by atoms with Crippen molar-refractivity contribution in [3.63, 3.8) is 0 Å². The molecule has 8 heteroatoms. The van der Waals surface area contributed by atoms with Crippen LogP contribution < -0.4 is 10.2 Å². The van der Waals surface area contributed by atoms with Crippen LogP contribution in [0.2, 0.25) is 0 Å². The molecule has 0 aliphatic carbocycles. The van der Waals surface area contributed by atoms with E-state index in [9.17, 15) is 19.8 Å². The minimum absolute atomic E-state index is 0.421. The van der Waals surface area contributed by atoms with E-state index in [0.29, 0.717) is 11.2 Å². The molecule has 8 nitrogen and oxygen atoms in total.